The maximum atomic E-state index is 8.83. The van der Waals surface area contributed by atoms with Crippen molar-refractivity contribution in [1.82, 2.24) is 15.0 Å². The van der Waals surface area contributed by atoms with Crippen molar-refractivity contribution in [3.63, 3.8) is 0 Å². The van der Waals surface area contributed by atoms with Crippen LogP contribution in [-0.4, -0.2) is 26.7 Å². The van der Waals surface area contributed by atoms with Gasteiger partial charge in [0.25, 0.3) is 0 Å². The second-order valence-corrected chi connectivity index (χ2v) is 4.82. The number of rotatable bonds is 5. The summed E-state index contributed by atoms with van der Waals surface area (Å²) < 4.78 is 1.64. The van der Waals surface area contributed by atoms with Crippen LogP contribution in [0.5, 0.6) is 0 Å². The molecule has 19 heavy (non-hydrogen) atoms. The molecule has 0 saturated carbocycles. The second-order valence-electron chi connectivity index (χ2n) is 4.82. The number of anilines is 1. The summed E-state index contributed by atoms with van der Waals surface area (Å²) in [6, 6.07) is 4.33. The zero-order valence-electron chi connectivity index (χ0n) is 11.6. The van der Waals surface area contributed by atoms with Gasteiger partial charge in [-0.25, -0.2) is 4.68 Å². The molecule has 0 saturated heterocycles. The second kappa shape index (κ2) is 5.84. The summed E-state index contributed by atoms with van der Waals surface area (Å²) >= 11 is 0. The van der Waals surface area contributed by atoms with E-state index in [1.807, 2.05) is 6.20 Å². The molecule has 102 valence electrons. The summed E-state index contributed by atoms with van der Waals surface area (Å²) in [5.41, 5.74) is 5.77. The van der Waals surface area contributed by atoms with E-state index in [2.05, 4.69) is 48.5 Å². The van der Waals surface area contributed by atoms with Crippen molar-refractivity contribution in [3.05, 3.63) is 40.7 Å². The zero-order chi connectivity index (χ0) is 13.8. The van der Waals surface area contributed by atoms with Gasteiger partial charge in [-0.2, -0.15) is 0 Å². The number of aliphatic hydroxyl groups excluding tert-OH is 1. The number of aryl methyl sites for hydroxylation is 3. The number of aliphatic hydroxyl groups is 1. The summed E-state index contributed by atoms with van der Waals surface area (Å²) in [5, 5.41) is 20.2. The molecule has 5 heteroatoms. The van der Waals surface area contributed by atoms with E-state index in [-0.39, 0.29) is 6.61 Å². The van der Waals surface area contributed by atoms with Gasteiger partial charge in [-0.15, -0.1) is 5.10 Å². The van der Waals surface area contributed by atoms with Crippen molar-refractivity contribution in [3.8, 4) is 0 Å². The number of nitrogens with zero attached hydrogens (tertiary/aromatic N) is 3. The molecule has 2 N–H and O–H groups in total. The zero-order valence-corrected chi connectivity index (χ0v) is 11.6. The number of benzene rings is 1. The van der Waals surface area contributed by atoms with E-state index >= 15 is 0 Å². The first kappa shape index (κ1) is 13.5. The molecule has 1 aromatic carbocycles. The largest absolute Gasteiger partial charge is 0.394 e. The lowest BCUT2D eigenvalue weighted by Crippen LogP contribution is -2.04. The first-order valence-corrected chi connectivity index (χ1v) is 6.41. The molecule has 0 aliphatic rings. The Balaban J connectivity index is 2.05. The Kier molecular flexibility index (Phi) is 4.16. The van der Waals surface area contributed by atoms with Crippen LogP contribution in [0, 0.1) is 20.8 Å². The van der Waals surface area contributed by atoms with Crippen molar-refractivity contribution < 1.29 is 5.11 Å². The van der Waals surface area contributed by atoms with Crippen LogP contribution in [-0.2, 0) is 13.1 Å². The van der Waals surface area contributed by atoms with Gasteiger partial charge in [0.1, 0.15) is 5.69 Å². The van der Waals surface area contributed by atoms with Crippen LogP contribution in [0.1, 0.15) is 22.4 Å². The Labute approximate surface area is 113 Å². The van der Waals surface area contributed by atoms with Gasteiger partial charge in [-0.3, -0.25) is 0 Å². The van der Waals surface area contributed by atoms with Gasteiger partial charge in [-0.1, -0.05) is 22.9 Å². The van der Waals surface area contributed by atoms with E-state index in [1.54, 1.807) is 4.68 Å². The van der Waals surface area contributed by atoms with Crippen molar-refractivity contribution in [2.24, 2.45) is 0 Å². The SMILES string of the molecule is Cc1cc(C)c(NCc2cn(CCO)nn2)c(C)c1. The topological polar surface area (TPSA) is 63.0 Å². The third-order valence-electron chi connectivity index (χ3n) is 3.04. The Hall–Kier alpha value is -1.88. The molecular weight excluding hydrogens is 240 g/mol. The maximum Gasteiger partial charge on any atom is 0.102 e. The minimum atomic E-state index is 0.0758. The van der Waals surface area contributed by atoms with Crippen molar-refractivity contribution in [1.29, 1.82) is 0 Å². The molecule has 0 fully saturated rings. The molecule has 0 radical (unpaired) electrons. The number of nitrogens with one attached hydrogen (secondary N) is 1. The Morgan fingerprint density at radius 3 is 2.53 bits per heavy atom. The number of hydrogen-bond donors (Lipinski definition) is 2. The molecule has 2 rings (SSSR count). The van der Waals surface area contributed by atoms with Crippen LogP contribution in [0.4, 0.5) is 5.69 Å². The summed E-state index contributed by atoms with van der Waals surface area (Å²) in [6.07, 6.45) is 1.85. The Morgan fingerprint density at radius 1 is 1.21 bits per heavy atom. The van der Waals surface area contributed by atoms with Crippen molar-refractivity contribution >= 4 is 5.69 Å². The number of hydrogen-bond acceptors (Lipinski definition) is 4. The molecule has 0 spiro atoms. The predicted molar refractivity (Wildman–Crippen MR) is 75.1 cm³/mol. The van der Waals surface area contributed by atoms with Gasteiger partial charge in [-0.05, 0) is 31.9 Å². The molecule has 0 unspecified atom stereocenters. The lowest BCUT2D eigenvalue weighted by atomic mass is 10.1. The third-order valence-corrected chi connectivity index (χ3v) is 3.04. The summed E-state index contributed by atoms with van der Waals surface area (Å²) in [7, 11) is 0. The van der Waals surface area contributed by atoms with Crippen LogP contribution in [0.2, 0.25) is 0 Å². The van der Waals surface area contributed by atoms with E-state index < -0.39 is 0 Å². The molecular formula is C14H20N4O. The molecule has 0 aliphatic heterocycles. The highest BCUT2D eigenvalue weighted by atomic mass is 16.3. The van der Waals surface area contributed by atoms with Crippen molar-refractivity contribution in [2.45, 2.75) is 33.9 Å². The third kappa shape index (κ3) is 3.32. The average molecular weight is 260 g/mol. The van der Waals surface area contributed by atoms with E-state index in [0.717, 1.165) is 11.4 Å². The van der Waals surface area contributed by atoms with Gasteiger partial charge in [0.05, 0.1) is 25.9 Å². The van der Waals surface area contributed by atoms with Gasteiger partial charge < -0.3 is 10.4 Å². The molecule has 1 heterocycles. The van der Waals surface area contributed by atoms with Crippen LogP contribution in [0.15, 0.2) is 18.3 Å². The van der Waals surface area contributed by atoms with E-state index in [9.17, 15) is 0 Å². The highest BCUT2D eigenvalue weighted by Crippen LogP contribution is 2.22. The average Bonchev–Trinajstić information content (AvgIpc) is 2.76. The summed E-state index contributed by atoms with van der Waals surface area (Å²) in [4.78, 5) is 0. The standard InChI is InChI=1S/C14H20N4O/c1-10-6-11(2)14(12(3)7-10)15-8-13-9-18(4-5-19)17-16-13/h6-7,9,15,19H,4-5,8H2,1-3H3. The molecule has 5 nitrogen and oxygen atoms in total. The lowest BCUT2D eigenvalue weighted by Gasteiger charge is -2.12. The minimum Gasteiger partial charge on any atom is -0.394 e. The van der Waals surface area contributed by atoms with Crippen LogP contribution in [0.25, 0.3) is 0 Å². The van der Waals surface area contributed by atoms with Gasteiger partial charge in [0.2, 0.25) is 0 Å². The quantitative estimate of drug-likeness (QED) is 0.860. The van der Waals surface area contributed by atoms with E-state index in [4.69, 9.17) is 5.11 Å². The van der Waals surface area contributed by atoms with Gasteiger partial charge in [0, 0.05) is 5.69 Å². The lowest BCUT2D eigenvalue weighted by molar-refractivity contribution is 0.268. The normalized spacial score (nSPS) is 10.7. The molecule has 0 aliphatic carbocycles. The molecule has 0 atom stereocenters. The van der Waals surface area contributed by atoms with Crippen LogP contribution in [0.3, 0.4) is 0 Å². The molecule has 0 bridgehead atoms. The first-order chi connectivity index (χ1) is 9.10. The highest BCUT2D eigenvalue weighted by molar-refractivity contribution is 5.58. The highest BCUT2D eigenvalue weighted by Gasteiger charge is 2.05. The fourth-order valence-corrected chi connectivity index (χ4v) is 2.27. The summed E-state index contributed by atoms with van der Waals surface area (Å²) in [6.45, 7) is 7.50. The smallest absolute Gasteiger partial charge is 0.102 e. The Bertz CT molecular complexity index is 539. The summed E-state index contributed by atoms with van der Waals surface area (Å²) in [5.74, 6) is 0. The number of aromatic nitrogens is 3. The molecule has 2 aromatic rings. The van der Waals surface area contributed by atoms with E-state index in [1.165, 1.54) is 16.7 Å². The molecule has 1 aromatic heterocycles. The van der Waals surface area contributed by atoms with Crippen LogP contribution >= 0.6 is 0 Å². The molecule has 0 amide bonds. The predicted octanol–water partition coefficient (Wildman–Crippen LogP) is 1.81. The van der Waals surface area contributed by atoms with Crippen LogP contribution < -0.4 is 5.32 Å². The monoisotopic (exact) mass is 260 g/mol. The van der Waals surface area contributed by atoms with Gasteiger partial charge in [0.15, 0.2) is 0 Å². The maximum absolute atomic E-state index is 8.83. The van der Waals surface area contributed by atoms with Gasteiger partial charge >= 0.3 is 0 Å². The minimum absolute atomic E-state index is 0.0758. The first-order valence-electron chi connectivity index (χ1n) is 6.41. The van der Waals surface area contributed by atoms with Crippen molar-refractivity contribution in [2.75, 3.05) is 11.9 Å². The Morgan fingerprint density at radius 2 is 1.89 bits per heavy atom. The fourth-order valence-electron chi connectivity index (χ4n) is 2.27. The van der Waals surface area contributed by atoms with E-state index in [0.29, 0.717) is 13.1 Å². The fraction of sp³-hybridized carbons (Fsp3) is 0.429.